The van der Waals surface area contributed by atoms with Crippen LogP contribution in [0.2, 0.25) is 0 Å². The van der Waals surface area contributed by atoms with E-state index < -0.39 is 6.09 Å². The summed E-state index contributed by atoms with van der Waals surface area (Å²) in [6, 6.07) is 14.8. The summed E-state index contributed by atoms with van der Waals surface area (Å²) in [7, 11) is 0. The molecule has 0 atom stereocenters. The Labute approximate surface area is 118 Å². The summed E-state index contributed by atoms with van der Waals surface area (Å²) in [6.45, 7) is 1.21. The molecule has 0 aromatic heterocycles. The number of fused-ring (bicyclic) bond motifs is 1. The number of carbonyl (C=O) groups is 1. The third kappa shape index (κ3) is 2.67. The van der Waals surface area contributed by atoms with Crippen molar-refractivity contribution in [3.63, 3.8) is 0 Å². The van der Waals surface area contributed by atoms with Crippen molar-refractivity contribution in [1.29, 1.82) is 0 Å². The molecule has 1 aliphatic rings. The quantitative estimate of drug-likeness (QED) is 0.848. The molecule has 0 aliphatic carbocycles. The maximum atomic E-state index is 10.9. The van der Waals surface area contributed by atoms with Gasteiger partial charge in [-0.15, -0.1) is 0 Å². The summed E-state index contributed by atoms with van der Waals surface area (Å²) < 4.78 is 0. The Bertz CT molecular complexity index is 665. The Hall–Kier alpha value is -2.29. The first-order chi connectivity index (χ1) is 9.72. The van der Waals surface area contributed by atoms with E-state index in [0.29, 0.717) is 13.1 Å². The number of hydrogen-bond acceptors (Lipinski definition) is 1. The number of benzene rings is 2. The molecule has 3 heteroatoms. The van der Waals surface area contributed by atoms with Crippen molar-refractivity contribution >= 4 is 22.9 Å². The van der Waals surface area contributed by atoms with Gasteiger partial charge in [-0.25, -0.2) is 4.79 Å². The average Bonchev–Trinajstić information content (AvgIpc) is 2.48. The van der Waals surface area contributed by atoms with Crippen molar-refractivity contribution < 1.29 is 9.90 Å². The van der Waals surface area contributed by atoms with Crippen LogP contribution in [0.5, 0.6) is 0 Å². The lowest BCUT2D eigenvalue weighted by atomic mass is 9.99. The number of likely N-dealkylation sites (tertiary alicyclic amines) is 1. The highest BCUT2D eigenvalue weighted by Gasteiger charge is 2.17. The fraction of sp³-hybridized carbons (Fsp3) is 0.235. The SMILES string of the molecule is O=C(O)N1CCC(=Cc2ccc3ccccc3c2)CC1. The zero-order valence-electron chi connectivity index (χ0n) is 11.2. The molecule has 0 saturated carbocycles. The summed E-state index contributed by atoms with van der Waals surface area (Å²) >= 11 is 0. The lowest BCUT2D eigenvalue weighted by Crippen LogP contribution is -2.35. The molecule has 0 spiro atoms. The summed E-state index contributed by atoms with van der Waals surface area (Å²) in [6.07, 6.45) is 3.05. The molecule has 1 saturated heterocycles. The van der Waals surface area contributed by atoms with Crippen molar-refractivity contribution in [3.05, 3.63) is 53.6 Å². The summed E-state index contributed by atoms with van der Waals surface area (Å²) in [4.78, 5) is 12.4. The molecule has 1 N–H and O–H groups in total. The number of carboxylic acid groups (broad SMARTS) is 1. The summed E-state index contributed by atoms with van der Waals surface area (Å²) in [5.74, 6) is 0. The highest BCUT2D eigenvalue weighted by Crippen LogP contribution is 2.22. The first-order valence-corrected chi connectivity index (χ1v) is 6.88. The van der Waals surface area contributed by atoms with E-state index >= 15 is 0 Å². The van der Waals surface area contributed by atoms with Crippen molar-refractivity contribution in [1.82, 2.24) is 4.90 Å². The Morgan fingerprint density at radius 1 is 1.05 bits per heavy atom. The minimum absolute atomic E-state index is 0.606. The van der Waals surface area contributed by atoms with Crippen molar-refractivity contribution in [2.75, 3.05) is 13.1 Å². The fourth-order valence-corrected chi connectivity index (χ4v) is 2.66. The van der Waals surface area contributed by atoms with E-state index in [9.17, 15) is 4.79 Å². The number of hydrogen-bond donors (Lipinski definition) is 1. The lowest BCUT2D eigenvalue weighted by Gasteiger charge is -2.25. The lowest BCUT2D eigenvalue weighted by molar-refractivity contribution is 0.142. The molecule has 3 nitrogen and oxygen atoms in total. The van der Waals surface area contributed by atoms with Crippen LogP contribution in [-0.4, -0.2) is 29.2 Å². The highest BCUT2D eigenvalue weighted by molar-refractivity contribution is 5.84. The van der Waals surface area contributed by atoms with E-state index in [4.69, 9.17) is 5.11 Å². The third-order valence-electron chi connectivity index (χ3n) is 3.82. The molecule has 102 valence electrons. The molecule has 20 heavy (non-hydrogen) atoms. The first-order valence-electron chi connectivity index (χ1n) is 6.88. The summed E-state index contributed by atoms with van der Waals surface area (Å²) in [5.41, 5.74) is 2.53. The molecular formula is C17H17NO2. The number of amides is 1. The molecule has 0 bridgehead atoms. The molecule has 1 aliphatic heterocycles. The first kappa shape index (κ1) is 12.7. The van der Waals surface area contributed by atoms with Crippen LogP contribution >= 0.6 is 0 Å². The molecule has 0 radical (unpaired) electrons. The Morgan fingerprint density at radius 2 is 1.75 bits per heavy atom. The third-order valence-corrected chi connectivity index (χ3v) is 3.82. The zero-order valence-corrected chi connectivity index (χ0v) is 11.2. The van der Waals surface area contributed by atoms with Gasteiger partial charge in [-0.3, -0.25) is 0 Å². The van der Waals surface area contributed by atoms with Crippen LogP contribution in [-0.2, 0) is 0 Å². The van der Waals surface area contributed by atoms with Crippen LogP contribution < -0.4 is 0 Å². The van der Waals surface area contributed by atoms with Crippen molar-refractivity contribution in [2.24, 2.45) is 0 Å². The van der Waals surface area contributed by atoms with Crippen LogP contribution in [0.3, 0.4) is 0 Å². The van der Waals surface area contributed by atoms with Gasteiger partial charge < -0.3 is 10.0 Å². The van der Waals surface area contributed by atoms with Gasteiger partial charge in [-0.2, -0.15) is 0 Å². The Morgan fingerprint density at radius 3 is 2.45 bits per heavy atom. The van der Waals surface area contributed by atoms with Crippen LogP contribution in [0.15, 0.2) is 48.0 Å². The normalized spacial score (nSPS) is 15.4. The standard InChI is InChI=1S/C17H17NO2/c19-17(20)18-9-7-13(8-10-18)11-14-5-6-15-3-1-2-4-16(15)12-14/h1-6,11-12H,7-10H2,(H,19,20). The molecule has 2 aromatic carbocycles. The van der Waals surface area contributed by atoms with Crippen LogP contribution in [0.4, 0.5) is 4.79 Å². The van der Waals surface area contributed by atoms with Gasteiger partial charge in [0.15, 0.2) is 0 Å². The van der Waals surface area contributed by atoms with E-state index in [1.807, 2.05) is 12.1 Å². The van der Waals surface area contributed by atoms with Crippen molar-refractivity contribution in [2.45, 2.75) is 12.8 Å². The van der Waals surface area contributed by atoms with Gasteiger partial charge in [-0.1, -0.05) is 48.0 Å². The van der Waals surface area contributed by atoms with Gasteiger partial charge in [-0.05, 0) is 35.2 Å². The second kappa shape index (κ2) is 5.37. The van der Waals surface area contributed by atoms with Gasteiger partial charge in [0, 0.05) is 13.1 Å². The smallest absolute Gasteiger partial charge is 0.407 e. The Kier molecular flexibility index (Phi) is 3.42. The van der Waals surface area contributed by atoms with Gasteiger partial charge in [0.2, 0.25) is 0 Å². The van der Waals surface area contributed by atoms with E-state index in [0.717, 1.165) is 12.8 Å². The Balaban J connectivity index is 1.79. The molecule has 2 aromatic rings. The van der Waals surface area contributed by atoms with E-state index in [-0.39, 0.29) is 0 Å². The number of nitrogens with zero attached hydrogens (tertiary/aromatic N) is 1. The zero-order chi connectivity index (χ0) is 13.9. The average molecular weight is 267 g/mol. The van der Waals surface area contributed by atoms with Crippen molar-refractivity contribution in [3.8, 4) is 0 Å². The topological polar surface area (TPSA) is 40.5 Å². The van der Waals surface area contributed by atoms with Crippen LogP contribution in [0, 0.1) is 0 Å². The van der Waals surface area contributed by atoms with Crippen LogP contribution in [0.25, 0.3) is 16.8 Å². The minimum Gasteiger partial charge on any atom is -0.465 e. The molecule has 1 heterocycles. The van der Waals surface area contributed by atoms with E-state index in [1.54, 1.807) is 0 Å². The second-order valence-corrected chi connectivity index (χ2v) is 5.18. The van der Waals surface area contributed by atoms with Gasteiger partial charge in [0.05, 0.1) is 0 Å². The van der Waals surface area contributed by atoms with Gasteiger partial charge in [0.25, 0.3) is 0 Å². The summed E-state index contributed by atoms with van der Waals surface area (Å²) in [5, 5.41) is 11.4. The monoisotopic (exact) mass is 267 g/mol. The highest BCUT2D eigenvalue weighted by atomic mass is 16.4. The van der Waals surface area contributed by atoms with E-state index in [1.165, 1.54) is 26.8 Å². The van der Waals surface area contributed by atoms with Crippen LogP contribution in [0.1, 0.15) is 18.4 Å². The van der Waals surface area contributed by atoms with Gasteiger partial charge in [0.1, 0.15) is 0 Å². The number of rotatable bonds is 1. The fourth-order valence-electron chi connectivity index (χ4n) is 2.66. The van der Waals surface area contributed by atoms with E-state index in [2.05, 4.69) is 36.4 Å². The minimum atomic E-state index is -0.810. The molecule has 0 unspecified atom stereocenters. The number of piperidine rings is 1. The molecule has 1 fully saturated rings. The largest absolute Gasteiger partial charge is 0.465 e. The molecule has 1 amide bonds. The maximum absolute atomic E-state index is 10.9. The predicted octanol–water partition coefficient (Wildman–Crippen LogP) is 4.00. The molecule has 3 rings (SSSR count). The predicted molar refractivity (Wildman–Crippen MR) is 80.8 cm³/mol. The maximum Gasteiger partial charge on any atom is 0.407 e. The molecular weight excluding hydrogens is 250 g/mol. The van der Waals surface area contributed by atoms with Gasteiger partial charge >= 0.3 is 6.09 Å². The second-order valence-electron chi connectivity index (χ2n) is 5.18.